The van der Waals surface area contributed by atoms with E-state index < -0.39 is 4.92 Å². The van der Waals surface area contributed by atoms with Gasteiger partial charge in [-0.1, -0.05) is 48.2 Å². The Morgan fingerprint density at radius 2 is 1.90 bits per heavy atom. The highest BCUT2D eigenvalue weighted by atomic mass is 32.2. The predicted octanol–water partition coefficient (Wildman–Crippen LogP) is 5.57. The minimum Gasteiger partial charge on any atom is -0.457 e. The van der Waals surface area contributed by atoms with Crippen LogP contribution in [0.4, 0.5) is 11.4 Å². The van der Waals surface area contributed by atoms with Gasteiger partial charge in [-0.25, -0.2) is 0 Å². The molecule has 4 rings (SSSR count). The van der Waals surface area contributed by atoms with Gasteiger partial charge in [0.15, 0.2) is 4.32 Å². The second-order valence-corrected chi connectivity index (χ2v) is 7.99. The molecule has 0 N–H and O–H groups in total. The normalized spacial score (nSPS) is 15.3. The smallest absolute Gasteiger partial charge is 0.270 e. The number of hydrogen-bond acceptors (Lipinski definition) is 6. The van der Waals surface area contributed by atoms with E-state index in [-0.39, 0.29) is 11.6 Å². The second kappa shape index (κ2) is 7.65. The van der Waals surface area contributed by atoms with Gasteiger partial charge in [0.2, 0.25) is 0 Å². The number of thioether (sulfide) groups is 1. The van der Waals surface area contributed by atoms with Gasteiger partial charge in [-0.05, 0) is 36.8 Å². The van der Waals surface area contributed by atoms with Crippen molar-refractivity contribution < 1.29 is 14.1 Å². The molecule has 1 amide bonds. The first-order chi connectivity index (χ1) is 13.9. The number of thiocarbonyl (C=S) groups is 1. The van der Waals surface area contributed by atoms with Gasteiger partial charge in [0.1, 0.15) is 11.5 Å². The molecule has 1 saturated heterocycles. The molecule has 2 heterocycles. The molecule has 0 bridgehead atoms. The quantitative estimate of drug-likeness (QED) is 0.237. The van der Waals surface area contributed by atoms with Gasteiger partial charge in [-0.3, -0.25) is 19.8 Å². The maximum atomic E-state index is 12.8. The predicted molar refractivity (Wildman–Crippen MR) is 118 cm³/mol. The Morgan fingerprint density at radius 1 is 1.14 bits per heavy atom. The molecule has 0 aliphatic carbocycles. The van der Waals surface area contributed by atoms with E-state index in [0.717, 1.165) is 5.56 Å². The Kier molecular flexibility index (Phi) is 5.04. The van der Waals surface area contributed by atoms with Crippen LogP contribution in [0, 0.1) is 17.0 Å². The molecule has 144 valence electrons. The van der Waals surface area contributed by atoms with Crippen molar-refractivity contribution in [3.63, 3.8) is 0 Å². The van der Waals surface area contributed by atoms with Crippen LogP contribution in [0.2, 0.25) is 0 Å². The molecule has 1 fully saturated rings. The summed E-state index contributed by atoms with van der Waals surface area (Å²) in [6.07, 6.45) is 1.64. The summed E-state index contributed by atoms with van der Waals surface area (Å²) in [4.78, 5) is 25.4. The summed E-state index contributed by atoms with van der Waals surface area (Å²) in [6.45, 7) is 1.85. The van der Waals surface area contributed by atoms with Crippen molar-refractivity contribution in [1.29, 1.82) is 0 Å². The van der Waals surface area contributed by atoms with Gasteiger partial charge < -0.3 is 4.42 Å². The highest BCUT2D eigenvalue weighted by molar-refractivity contribution is 8.27. The number of carbonyl (C=O) groups excluding carboxylic acids is 1. The molecule has 0 radical (unpaired) electrons. The lowest BCUT2D eigenvalue weighted by Gasteiger charge is -2.13. The van der Waals surface area contributed by atoms with Crippen LogP contribution in [0.3, 0.4) is 0 Å². The summed E-state index contributed by atoms with van der Waals surface area (Å²) in [5, 5.41) is 11.1. The van der Waals surface area contributed by atoms with Gasteiger partial charge in [0.05, 0.1) is 15.5 Å². The number of nitro benzene ring substituents is 1. The fraction of sp³-hybridized carbons (Fsp3) is 0.0476. The Bertz CT molecular complexity index is 1170. The molecule has 2 aromatic carbocycles. The lowest BCUT2D eigenvalue weighted by Crippen LogP contribution is -2.27. The van der Waals surface area contributed by atoms with Gasteiger partial charge in [0.25, 0.3) is 11.6 Å². The van der Waals surface area contributed by atoms with E-state index in [2.05, 4.69) is 0 Å². The van der Waals surface area contributed by atoms with Crippen LogP contribution < -0.4 is 4.90 Å². The summed E-state index contributed by atoms with van der Waals surface area (Å²) in [5.74, 6) is 0.756. The molecular formula is C21H14N2O4S2. The summed E-state index contributed by atoms with van der Waals surface area (Å²) in [6, 6.07) is 17.3. The summed E-state index contributed by atoms with van der Waals surface area (Å²) in [5.41, 5.74) is 2.20. The van der Waals surface area contributed by atoms with Crippen molar-refractivity contribution in [2.45, 2.75) is 6.92 Å². The van der Waals surface area contributed by atoms with Crippen LogP contribution >= 0.6 is 24.0 Å². The van der Waals surface area contributed by atoms with Crippen LogP contribution in [-0.4, -0.2) is 15.2 Å². The zero-order valence-corrected chi connectivity index (χ0v) is 16.8. The Morgan fingerprint density at radius 3 is 2.62 bits per heavy atom. The van der Waals surface area contributed by atoms with Crippen molar-refractivity contribution >= 4 is 51.7 Å². The van der Waals surface area contributed by atoms with E-state index >= 15 is 0 Å². The maximum Gasteiger partial charge on any atom is 0.270 e. The average molecular weight is 422 g/mol. The van der Waals surface area contributed by atoms with Crippen molar-refractivity contribution in [3.8, 4) is 11.3 Å². The monoisotopic (exact) mass is 422 g/mol. The summed E-state index contributed by atoms with van der Waals surface area (Å²) >= 11 is 6.57. The van der Waals surface area contributed by atoms with Crippen molar-refractivity contribution in [3.05, 3.63) is 87.0 Å². The van der Waals surface area contributed by atoms with Crippen LogP contribution in [0.5, 0.6) is 0 Å². The van der Waals surface area contributed by atoms with Gasteiger partial charge >= 0.3 is 0 Å². The molecule has 1 aliphatic heterocycles. The third-order valence-corrected chi connectivity index (χ3v) is 5.71. The van der Waals surface area contributed by atoms with Crippen LogP contribution in [-0.2, 0) is 4.79 Å². The number of carbonyl (C=O) groups is 1. The first-order valence-corrected chi connectivity index (χ1v) is 9.85. The zero-order chi connectivity index (χ0) is 20.5. The van der Waals surface area contributed by atoms with Crippen LogP contribution in [0.15, 0.2) is 70.0 Å². The van der Waals surface area contributed by atoms with Crippen molar-refractivity contribution in [2.75, 3.05) is 4.90 Å². The number of nitro groups is 1. The van der Waals surface area contributed by atoms with E-state index in [1.54, 1.807) is 24.3 Å². The molecule has 1 aromatic heterocycles. The molecule has 8 heteroatoms. The standard InChI is InChI=1S/C21H14N2O4S2/c1-13-7-8-15(23(25)26)11-17(13)18-10-9-16(27-18)12-19-20(24)22(21(28)29-19)14-5-3-2-4-6-14/h2-12H,1H3/b19-12-. The van der Waals surface area contributed by atoms with Crippen molar-refractivity contribution in [2.24, 2.45) is 0 Å². The molecule has 0 atom stereocenters. The fourth-order valence-electron chi connectivity index (χ4n) is 2.96. The van der Waals surface area contributed by atoms with Gasteiger partial charge in [0, 0.05) is 23.8 Å². The number of furan rings is 1. The van der Waals surface area contributed by atoms with Crippen LogP contribution in [0.25, 0.3) is 17.4 Å². The number of anilines is 1. The number of rotatable bonds is 4. The van der Waals surface area contributed by atoms with E-state index in [1.807, 2.05) is 37.3 Å². The second-order valence-electron chi connectivity index (χ2n) is 6.31. The third kappa shape index (κ3) is 3.72. The Balaban J connectivity index is 1.64. The van der Waals surface area contributed by atoms with E-state index in [1.165, 1.54) is 28.8 Å². The minimum absolute atomic E-state index is 0.00715. The van der Waals surface area contributed by atoms with Gasteiger partial charge in [-0.15, -0.1) is 0 Å². The largest absolute Gasteiger partial charge is 0.457 e. The number of hydrogen-bond donors (Lipinski definition) is 0. The molecule has 1 aliphatic rings. The number of benzene rings is 2. The maximum absolute atomic E-state index is 12.8. The Labute approximate surface area is 176 Å². The number of para-hydroxylation sites is 1. The first-order valence-electron chi connectivity index (χ1n) is 8.62. The highest BCUT2D eigenvalue weighted by Gasteiger charge is 2.33. The molecule has 0 spiro atoms. The summed E-state index contributed by atoms with van der Waals surface area (Å²) in [7, 11) is 0. The SMILES string of the molecule is Cc1ccc([N+](=O)[O-])cc1-c1ccc(/C=C2\SC(=S)N(c3ccccc3)C2=O)o1. The Hall–Kier alpha value is -3.23. The number of non-ortho nitro benzene ring substituents is 1. The number of amides is 1. The van der Waals surface area contributed by atoms with E-state index in [4.69, 9.17) is 16.6 Å². The molecule has 6 nitrogen and oxygen atoms in total. The highest BCUT2D eigenvalue weighted by Crippen LogP contribution is 2.37. The molecule has 29 heavy (non-hydrogen) atoms. The minimum atomic E-state index is -0.443. The zero-order valence-electron chi connectivity index (χ0n) is 15.2. The molecular weight excluding hydrogens is 408 g/mol. The fourth-order valence-corrected chi connectivity index (χ4v) is 4.24. The van der Waals surface area contributed by atoms with Crippen LogP contribution in [0.1, 0.15) is 11.3 Å². The third-order valence-electron chi connectivity index (χ3n) is 4.41. The lowest BCUT2D eigenvalue weighted by atomic mass is 10.1. The van der Waals surface area contributed by atoms with E-state index in [9.17, 15) is 14.9 Å². The molecule has 0 unspecified atom stereocenters. The number of aryl methyl sites for hydroxylation is 1. The topological polar surface area (TPSA) is 76.6 Å². The molecule has 0 saturated carbocycles. The van der Waals surface area contributed by atoms with Gasteiger partial charge in [-0.2, -0.15) is 0 Å². The first kappa shape index (κ1) is 19.1. The van der Waals surface area contributed by atoms with Crippen molar-refractivity contribution in [1.82, 2.24) is 0 Å². The lowest BCUT2D eigenvalue weighted by molar-refractivity contribution is -0.384. The summed E-state index contributed by atoms with van der Waals surface area (Å²) < 4.78 is 6.30. The molecule has 3 aromatic rings. The van der Waals surface area contributed by atoms with E-state index in [0.29, 0.717) is 32.0 Å². The number of nitrogens with zero attached hydrogens (tertiary/aromatic N) is 2. The average Bonchev–Trinajstić information content (AvgIpc) is 3.27.